The molecule has 0 aromatic heterocycles. The topological polar surface area (TPSA) is 95.9 Å². The molecule has 0 heterocycles. The zero-order valence-electron chi connectivity index (χ0n) is 59.7. The molecule has 0 rings (SSSR count). The van der Waals surface area contributed by atoms with Crippen molar-refractivity contribution in [2.75, 3.05) is 13.2 Å². The minimum atomic E-state index is -0.842. The molecule has 0 aliphatic rings. The minimum Gasteiger partial charge on any atom is -0.466 e. The summed E-state index contributed by atoms with van der Waals surface area (Å²) in [6.07, 6.45) is 101. The Morgan fingerprint density at radius 1 is 0.307 bits per heavy atom. The molecule has 2 atom stereocenters. The summed E-state index contributed by atoms with van der Waals surface area (Å²) >= 11 is 0. The van der Waals surface area contributed by atoms with Crippen molar-refractivity contribution in [1.82, 2.24) is 5.32 Å². The van der Waals surface area contributed by atoms with Crippen LogP contribution < -0.4 is 5.32 Å². The van der Waals surface area contributed by atoms with E-state index in [1.807, 2.05) is 6.08 Å². The highest BCUT2D eigenvalue weighted by Gasteiger charge is 2.18. The lowest BCUT2D eigenvalue weighted by atomic mass is 10.0. The molecule has 0 aliphatic carbocycles. The first-order chi connectivity index (χ1) is 43.5. The molecule has 520 valence electrons. The maximum absolute atomic E-state index is 12.5. The minimum absolute atomic E-state index is 0.0127. The van der Waals surface area contributed by atoms with Crippen molar-refractivity contribution in [2.45, 2.75) is 463 Å². The Hall–Kier alpha value is -1.92. The summed E-state index contributed by atoms with van der Waals surface area (Å²) < 4.78 is 5.48. The number of nitrogens with one attached hydrogen (secondary N) is 1. The van der Waals surface area contributed by atoms with Crippen molar-refractivity contribution in [1.29, 1.82) is 0 Å². The number of aliphatic hydroxyl groups excluding tert-OH is 2. The molecule has 0 bridgehead atoms. The van der Waals surface area contributed by atoms with Gasteiger partial charge in [-0.2, -0.15) is 0 Å². The summed E-state index contributed by atoms with van der Waals surface area (Å²) in [5.74, 6) is -0.0466. The summed E-state index contributed by atoms with van der Waals surface area (Å²) in [7, 11) is 0. The fourth-order valence-corrected chi connectivity index (χ4v) is 12.7. The van der Waals surface area contributed by atoms with E-state index in [0.717, 1.165) is 44.9 Å². The molecule has 0 radical (unpaired) electrons. The fraction of sp³-hybridized carbons (Fsp3) is 0.902. The molecule has 6 nitrogen and oxygen atoms in total. The molecule has 88 heavy (non-hydrogen) atoms. The number of unbranched alkanes of at least 4 members (excludes halogenated alkanes) is 61. The fourth-order valence-electron chi connectivity index (χ4n) is 12.7. The van der Waals surface area contributed by atoms with Gasteiger partial charge in [-0.15, -0.1) is 0 Å². The van der Waals surface area contributed by atoms with Crippen LogP contribution in [0.5, 0.6) is 0 Å². The number of hydrogen-bond donors (Lipinski definition) is 3. The van der Waals surface area contributed by atoms with Gasteiger partial charge in [0.15, 0.2) is 0 Å². The second-order valence-corrected chi connectivity index (χ2v) is 27.7. The van der Waals surface area contributed by atoms with Crippen LogP contribution in [0.15, 0.2) is 36.5 Å². The predicted molar refractivity (Wildman–Crippen MR) is 389 cm³/mol. The highest BCUT2D eigenvalue weighted by Crippen LogP contribution is 2.20. The number of carbonyl (C=O) groups excluding carboxylic acids is 2. The molecule has 0 fully saturated rings. The summed E-state index contributed by atoms with van der Waals surface area (Å²) in [5.41, 5.74) is 0. The maximum atomic E-state index is 12.5. The normalized spacial score (nSPS) is 12.6. The summed E-state index contributed by atoms with van der Waals surface area (Å²) in [5, 5.41) is 23.3. The van der Waals surface area contributed by atoms with Gasteiger partial charge in [0, 0.05) is 12.8 Å². The predicted octanol–water partition coefficient (Wildman–Crippen LogP) is 26.6. The molecule has 0 aromatic carbocycles. The Morgan fingerprint density at radius 2 is 0.534 bits per heavy atom. The second-order valence-electron chi connectivity index (χ2n) is 27.7. The molecule has 0 aliphatic heterocycles. The van der Waals surface area contributed by atoms with Crippen LogP contribution in [-0.4, -0.2) is 47.4 Å². The van der Waals surface area contributed by atoms with Crippen LogP contribution in [-0.2, 0) is 14.3 Å². The Balaban J connectivity index is 3.35. The summed E-state index contributed by atoms with van der Waals surface area (Å²) in [4.78, 5) is 24.6. The third-order valence-electron chi connectivity index (χ3n) is 18.9. The van der Waals surface area contributed by atoms with E-state index in [2.05, 4.69) is 43.5 Å². The molecule has 3 N–H and O–H groups in total. The number of carbonyl (C=O) groups is 2. The van der Waals surface area contributed by atoms with Crippen LogP contribution >= 0.6 is 0 Å². The van der Waals surface area contributed by atoms with Gasteiger partial charge in [0.05, 0.1) is 25.4 Å². The van der Waals surface area contributed by atoms with Gasteiger partial charge in [-0.05, 0) is 83.5 Å². The standard InChI is InChI=1S/C82H157NO5/c1-3-5-7-9-11-13-15-17-18-19-20-42-45-48-51-54-58-62-66-70-74-80(85)79(78-84)83-81(86)75-71-67-63-59-55-52-49-46-43-40-38-36-34-32-30-28-26-24-22-21-23-25-27-29-31-33-35-37-39-41-44-47-50-53-57-61-65-69-73-77-88-82(87)76-72-68-64-60-56-16-14-12-10-8-6-4-2/h12,14,21-22,70,74,79-80,84-85H,3-11,13,15-20,23-69,71-73,75-78H2,1-2H3,(H,83,86)/b14-12-,22-21-,74-70+. The first kappa shape index (κ1) is 86.1. The largest absolute Gasteiger partial charge is 0.466 e. The van der Waals surface area contributed by atoms with E-state index >= 15 is 0 Å². The number of amides is 1. The Morgan fingerprint density at radius 3 is 0.830 bits per heavy atom. The summed E-state index contributed by atoms with van der Waals surface area (Å²) in [6, 6.07) is -0.625. The quantitative estimate of drug-likeness (QED) is 0.0320. The molecule has 0 aromatic rings. The molecule has 2 unspecified atom stereocenters. The lowest BCUT2D eigenvalue weighted by Gasteiger charge is -2.20. The van der Waals surface area contributed by atoms with Crippen molar-refractivity contribution < 1.29 is 24.5 Å². The Kier molecular flexibility index (Phi) is 75.8. The maximum Gasteiger partial charge on any atom is 0.305 e. The lowest BCUT2D eigenvalue weighted by Crippen LogP contribution is -2.45. The van der Waals surface area contributed by atoms with Gasteiger partial charge in [-0.3, -0.25) is 9.59 Å². The Bertz CT molecular complexity index is 1430. The summed E-state index contributed by atoms with van der Waals surface area (Å²) in [6.45, 7) is 4.92. The van der Waals surface area contributed by atoms with Crippen molar-refractivity contribution in [3.63, 3.8) is 0 Å². The van der Waals surface area contributed by atoms with E-state index in [4.69, 9.17) is 4.74 Å². The first-order valence-corrected chi connectivity index (χ1v) is 40.3. The molecular weight excluding hydrogens is 1080 g/mol. The number of aliphatic hydroxyl groups is 2. The van der Waals surface area contributed by atoms with Gasteiger partial charge in [-0.1, -0.05) is 391 Å². The highest BCUT2D eigenvalue weighted by atomic mass is 16.5. The van der Waals surface area contributed by atoms with Gasteiger partial charge < -0.3 is 20.3 Å². The van der Waals surface area contributed by atoms with E-state index in [9.17, 15) is 19.8 Å². The van der Waals surface area contributed by atoms with Crippen molar-refractivity contribution in [3.05, 3.63) is 36.5 Å². The lowest BCUT2D eigenvalue weighted by molar-refractivity contribution is -0.143. The number of ether oxygens (including phenoxy) is 1. The van der Waals surface area contributed by atoms with Gasteiger partial charge in [0.2, 0.25) is 5.91 Å². The zero-order valence-corrected chi connectivity index (χ0v) is 59.7. The van der Waals surface area contributed by atoms with E-state index in [1.54, 1.807) is 6.08 Å². The van der Waals surface area contributed by atoms with Crippen LogP contribution in [0, 0.1) is 0 Å². The van der Waals surface area contributed by atoms with E-state index in [-0.39, 0.29) is 18.5 Å². The average Bonchev–Trinajstić information content (AvgIpc) is 3.55. The molecule has 0 saturated carbocycles. The van der Waals surface area contributed by atoms with Crippen LogP contribution in [0.25, 0.3) is 0 Å². The van der Waals surface area contributed by atoms with Crippen molar-refractivity contribution in [3.8, 4) is 0 Å². The SMILES string of the molecule is CCCCC/C=C\CCCCCCCC(=O)OCCCCCCCCCCCCCCCCCCCC/C=C\CCCCCCCCCCCCCCCCCCCC(=O)NC(CO)C(O)/C=C/CCCCCCCCCCCCCCCCCCCC. The van der Waals surface area contributed by atoms with Gasteiger partial charge in [0.1, 0.15) is 0 Å². The van der Waals surface area contributed by atoms with E-state index in [0.29, 0.717) is 19.4 Å². The van der Waals surface area contributed by atoms with Crippen molar-refractivity contribution >= 4 is 11.9 Å². The van der Waals surface area contributed by atoms with Crippen LogP contribution in [0.1, 0.15) is 450 Å². The number of hydrogen-bond acceptors (Lipinski definition) is 5. The second kappa shape index (κ2) is 77.5. The van der Waals surface area contributed by atoms with Crippen LogP contribution in [0.2, 0.25) is 0 Å². The average molecular weight is 1240 g/mol. The third-order valence-corrected chi connectivity index (χ3v) is 18.9. The highest BCUT2D eigenvalue weighted by molar-refractivity contribution is 5.76. The first-order valence-electron chi connectivity index (χ1n) is 40.3. The third kappa shape index (κ3) is 73.1. The van der Waals surface area contributed by atoms with Crippen molar-refractivity contribution in [2.24, 2.45) is 0 Å². The molecular formula is C82H157NO5. The Labute approximate surface area is 551 Å². The smallest absolute Gasteiger partial charge is 0.305 e. The number of esters is 1. The van der Waals surface area contributed by atoms with E-state index in [1.165, 1.54) is 379 Å². The number of allylic oxidation sites excluding steroid dienone is 5. The molecule has 0 spiro atoms. The van der Waals surface area contributed by atoms with Gasteiger partial charge in [-0.25, -0.2) is 0 Å². The van der Waals surface area contributed by atoms with Gasteiger partial charge in [0.25, 0.3) is 0 Å². The van der Waals surface area contributed by atoms with E-state index < -0.39 is 12.1 Å². The molecule has 6 heteroatoms. The van der Waals surface area contributed by atoms with Crippen LogP contribution in [0.3, 0.4) is 0 Å². The monoisotopic (exact) mass is 1240 g/mol. The molecule has 1 amide bonds. The molecule has 0 saturated heterocycles. The number of rotatable bonds is 76. The van der Waals surface area contributed by atoms with Crippen LogP contribution in [0.4, 0.5) is 0 Å². The zero-order chi connectivity index (χ0) is 63.5. The van der Waals surface area contributed by atoms with Gasteiger partial charge >= 0.3 is 5.97 Å².